The van der Waals surface area contributed by atoms with Gasteiger partial charge < -0.3 is 9.84 Å². The highest BCUT2D eigenvalue weighted by Crippen LogP contribution is 2.25. The van der Waals surface area contributed by atoms with Gasteiger partial charge in [-0.1, -0.05) is 50.6 Å². The monoisotopic (exact) mass is 256 g/mol. The van der Waals surface area contributed by atoms with Crippen molar-refractivity contribution in [2.45, 2.75) is 45.4 Å². The smallest absolute Gasteiger partial charge is 0.124 e. The number of unbranched alkanes of at least 4 members (excludes halogenated alkanes) is 5. The van der Waals surface area contributed by atoms with Crippen LogP contribution >= 0.6 is 11.6 Å². The van der Waals surface area contributed by atoms with E-state index in [0.717, 1.165) is 6.42 Å². The summed E-state index contributed by atoms with van der Waals surface area (Å²) in [6.45, 7) is 2.90. The summed E-state index contributed by atoms with van der Waals surface area (Å²) in [5, 5.41) is 9.83. The molecule has 0 aliphatic rings. The predicted octanol–water partition coefficient (Wildman–Crippen LogP) is 4.78. The van der Waals surface area contributed by atoms with Gasteiger partial charge in [-0.2, -0.15) is 0 Å². The molecule has 0 saturated carbocycles. The first-order valence-corrected chi connectivity index (χ1v) is 6.72. The summed E-state index contributed by atoms with van der Waals surface area (Å²) in [4.78, 5) is 0. The van der Waals surface area contributed by atoms with Crippen molar-refractivity contribution >= 4 is 11.6 Å². The van der Waals surface area contributed by atoms with Crippen LogP contribution in [0.5, 0.6) is 11.5 Å². The number of aromatic hydroxyl groups is 1. The second kappa shape index (κ2) is 8.24. The normalized spacial score (nSPS) is 10.5. The molecule has 0 atom stereocenters. The van der Waals surface area contributed by atoms with E-state index in [2.05, 4.69) is 6.92 Å². The minimum Gasteiger partial charge on any atom is -0.508 e. The Labute approximate surface area is 109 Å². The van der Waals surface area contributed by atoms with Crippen LogP contribution in [0.3, 0.4) is 0 Å². The minimum atomic E-state index is 0.149. The summed E-state index contributed by atoms with van der Waals surface area (Å²) in [5.41, 5.74) is 0. The maximum atomic E-state index is 9.33. The van der Waals surface area contributed by atoms with Crippen LogP contribution in [0.1, 0.15) is 45.4 Å². The molecular weight excluding hydrogens is 236 g/mol. The Balaban J connectivity index is 2.13. The van der Waals surface area contributed by atoms with E-state index < -0.39 is 0 Å². The average Bonchev–Trinajstić information content (AvgIpc) is 2.26. The second-order valence-electron chi connectivity index (χ2n) is 4.26. The van der Waals surface area contributed by atoms with Crippen LogP contribution in [0.15, 0.2) is 18.2 Å². The van der Waals surface area contributed by atoms with E-state index in [0.29, 0.717) is 17.4 Å². The molecule has 0 radical (unpaired) electrons. The highest BCUT2D eigenvalue weighted by molar-refractivity contribution is 6.30. The molecule has 0 aromatic heterocycles. The number of halogens is 1. The van der Waals surface area contributed by atoms with Gasteiger partial charge >= 0.3 is 0 Å². The molecule has 17 heavy (non-hydrogen) atoms. The topological polar surface area (TPSA) is 29.5 Å². The summed E-state index contributed by atoms with van der Waals surface area (Å²) in [6.07, 6.45) is 7.44. The third-order valence-corrected chi connectivity index (χ3v) is 2.84. The maximum Gasteiger partial charge on any atom is 0.124 e. The van der Waals surface area contributed by atoms with Crippen LogP contribution in [-0.2, 0) is 0 Å². The number of ether oxygens (including phenoxy) is 1. The van der Waals surface area contributed by atoms with Crippen LogP contribution < -0.4 is 4.74 Å². The fourth-order valence-electron chi connectivity index (χ4n) is 1.70. The molecule has 1 N–H and O–H groups in total. The van der Waals surface area contributed by atoms with Crippen LogP contribution in [-0.4, -0.2) is 11.7 Å². The van der Waals surface area contributed by atoms with Crippen molar-refractivity contribution in [2.75, 3.05) is 6.61 Å². The van der Waals surface area contributed by atoms with Crippen LogP contribution in [0.4, 0.5) is 0 Å². The minimum absolute atomic E-state index is 0.149. The largest absolute Gasteiger partial charge is 0.508 e. The SMILES string of the molecule is CCCCCCCCOc1cc(O)cc(Cl)c1. The van der Waals surface area contributed by atoms with Crippen molar-refractivity contribution in [1.82, 2.24) is 0 Å². The zero-order valence-electron chi connectivity index (χ0n) is 10.4. The van der Waals surface area contributed by atoms with Gasteiger partial charge in [-0.05, 0) is 18.6 Å². The van der Waals surface area contributed by atoms with E-state index in [-0.39, 0.29) is 5.75 Å². The number of hydrogen-bond donors (Lipinski definition) is 1. The zero-order chi connectivity index (χ0) is 12.5. The van der Waals surface area contributed by atoms with Gasteiger partial charge in [0.2, 0.25) is 0 Å². The Morgan fingerprint density at radius 2 is 1.76 bits per heavy atom. The molecule has 0 fully saturated rings. The van der Waals surface area contributed by atoms with E-state index in [1.54, 1.807) is 12.1 Å². The van der Waals surface area contributed by atoms with Crippen molar-refractivity contribution < 1.29 is 9.84 Å². The third-order valence-electron chi connectivity index (χ3n) is 2.62. The first-order valence-electron chi connectivity index (χ1n) is 6.34. The van der Waals surface area contributed by atoms with Crippen molar-refractivity contribution in [1.29, 1.82) is 0 Å². The molecule has 1 aromatic rings. The van der Waals surface area contributed by atoms with Crippen LogP contribution in [0.2, 0.25) is 5.02 Å². The lowest BCUT2D eigenvalue weighted by molar-refractivity contribution is 0.303. The van der Waals surface area contributed by atoms with Gasteiger partial charge in [-0.3, -0.25) is 0 Å². The highest BCUT2D eigenvalue weighted by Gasteiger charge is 1.99. The Kier molecular flexibility index (Phi) is 6.87. The van der Waals surface area contributed by atoms with E-state index >= 15 is 0 Å². The first-order chi connectivity index (χ1) is 8.22. The molecule has 0 heterocycles. The van der Waals surface area contributed by atoms with Gasteiger partial charge in [0.1, 0.15) is 11.5 Å². The zero-order valence-corrected chi connectivity index (χ0v) is 11.2. The van der Waals surface area contributed by atoms with Crippen molar-refractivity contribution in [3.8, 4) is 11.5 Å². The van der Waals surface area contributed by atoms with Crippen molar-refractivity contribution in [3.63, 3.8) is 0 Å². The van der Waals surface area contributed by atoms with Gasteiger partial charge in [0.05, 0.1) is 6.61 Å². The van der Waals surface area contributed by atoms with Gasteiger partial charge in [-0.25, -0.2) is 0 Å². The maximum absolute atomic E-state index is 9.33. The Morgan fingerprint density at radius 1 is 1.06 bits per heavy atom. The lowest BCUT2D eigenvalue weighted by Crippen LogP contribution is -1.97. The second-order valence-corrected chi connectivity index (χ2v) is 4.70. The fraction of sp³-hybridized carbons (Fsp3) is 0.571. The molecule has 1 rings (SSSR count). The first kappa shape index (κ1) is 14.2. The molecule has 1 aromatic carbocycles. The molecule has 0 spiro atoms. The standard InChI is InChI=1S/C14H21ClO2/c1-2-3-4-5-6-7-8-17-14-10-12(15)9-13(16)11-14/h9-11,16H,2-8H2,1H3. The van der Waals surface area contributed by atoms with Gasteiger partial charge in [0.15, 0.2) is 0 Å². The number of phenolic OH excluding ortho intramolecular Hbond substituents is 1. The molecule has 0 unspecified atom stereocenters. The van der Waals surface area contributed by atoms with E-state index in [1.807, 2.05) is 0 Å². The molecule has 0 aliphatic carbocycles. The summed E-state index contributed by atoms with van der Waals surface area (Å²) >= 11 is 5.81. The van der Waals surface area contributed by atoms with E-state index in [9.17, 15) is 5.11 Å². The van der Waals surface area contributed by atoms with Crippen LogP contribution in [0, 0.1) is 0 Å². The number of phenols is 1. The Morgan fingerprint density at radius 3 is 2.47 bits per heavy atom. The molecule has 0 aliphatic heterocycles. The summed E-state index contributed by atoms with van der Waals surface area (Å²) in [7, 11) is 0. The summed E-state index contributed by atoms with van der Waals surface area (Å²) < 4.78 is 5.53. The molecule has 0 saturated heterocycles. The van der Waals surface area contributed by atoms with Crippen LogP contribution in [0.25, 0.3) is 0 Å². The molecule has 0 bridgehead atoms. The quantitative estimate of drug-likeness (QED) is 0.678. The van der Waals surface area contributed by atoms with E-state index in [1.165, 1.54) is 38.2 Å². The molecule has 96 valence electrons. The number of rotatable bonds is 8. The molecule has 0 amide bonds. The molecule has 2 nitrogen and oxygen atoms in total. The fourth-order valence-corrected chi connectivity index (χ4v) is 1.92. The van der Waals surface area contributed by atoms with E-state index in [4.69, 9.17) is 16.3 Å². The number of benzene rings is 1. The van der Waals surface area contributed by atoms with Gasteiger partial charge in [0, 0.05) is 11.1 Å². The molecule has 3 heteroatoms. The molecular formula is C14H21ClO2. The summed E-state index contributed by atoms with van der Waals surface area (Å²) in [6, 6.07) is 4.81. The van der Waals surface area contributed by atoms with Crippen molar-refractivity contribution in [3.05, 3.63) is 23.2 Å². The summed E-state index contributed by atoms with van der Waals surface area (Å²) in [5.74, 6) is 0.791. The Bertz CT molecular complexity index is 306. The predicted molar refractivity (Wildman–Crippen MR) is 72.0 cm³/mol. The van der Waals surface area contributed by atoms with Gasteiger partial charge in [0.25, 0.3) is 0 Å². The lowest BCUT2D eigenvalue weighted by atomic mass is 10.1. The van der Waals surface area contributed by atoms with Gasteiger partial charge in [-0.15, -0.1) is 0 Å². The number of hydrogen-bond acceptors (Lipinski definition) is 2. The average molecular weight is 257 g/mol. The highest BCUT2D eigenvalue weighted by atomic mass is 35.5. The third kappa shape index (κ3) is 6.42. The Hall–Kier alpha value is -0.890. The lowest BCUT2D eigenvalue weighted by Gasteiger charge is -2.07. The van der Waals surface area contributed by atoms with Crippen molar-refractivity contribution in [2.24, 2.45) is 0 Å².